The van der Waals surface area contributed by atoms with Crippen molar-refractivity contribution < 1.29 is 19.0 Å². The van der Waals surface area contributed by atoms with Crippen LogP contribution < -0.4 is 0 Å². The van der Waals surface area contributed by atoms with Crippen molar-refractivity contribution in [2.45, 2.75) is 19.4 Å². The van der Waals surface area contributed by atoms with Crippen molar-refractivity contribution in [3.05, 3.63) is 71.6 Å². The summed E-state index contributed by atoms with van der Waals surface area (Å²) in [6, 6.07) is 16.9. The second-order valence-electron chi connectivity index (χ2n) is 5.73. The minimum atomic E-state index is -0.160. The number of ether oxygens (including phenoxy) is 2. The van der Waals surface area contributed by atoms with Crippen molar-refractivity contribution >= 4 is 0 Å². The summed E-state index contributed by atoms with van der Waals surface area (Å²) >= 11 is 0. The van der Waals surface area contributed by atoms with E-state index >= 15 is 0 Å². The number of para-hydroxylation sites is 1. The van der Waals surface area contributed by atoms with Crippen molar-refractivity contribution in [2.75, 3.05) is 13.9 Å². The monoisotopic (exact) mass is 339 g/mol. The highest BCUT2D eigenvalue weighted by Crippen LogP contribution is 2.35. The molecule has 130 valence electrons. The van der Waals surface area contributed by atoms with Crippen molar-refractivity contribution in [3.8, 4) is 17.2 Å². The number of phenolic OH excluding ortho intramolecular Hbond substituents is 1. The van der Waals surface area contributed by atoms with Gasteiger partial charge in [-0.05, 0) is 18.2 Å². The van der Waals surface area contributed by atoms with Gasteiger partial charge >= 0.3 is 0 Å². The molecule has 25 heavy (non-hydrogen) atoms. The summed E-state index contributed by atoms with van der Waals surface area (Å²) < 4.78 is 16.5. The Balaban J connectivity index is 1.98. The van der Waals surface area contributed by atoms with E-state index in [0.29, 0.717) is 17.3 Å². The number of oxazole rings is 1. The van der Waals surface area contributed by atoms with Gasteiger partial charge in [-0.2, -0.15) is 0 Å². The maximum absolute atomic E-state index is 10.2. The number of aromatic hydroxyl groups is 1. The van der Waals surface area contributed by atoms with Gasteiger partial charge in [0.25, 0.3) is 0 Å². The van der Waals surface area contributed by atoms with Crippen LogP contribution in [0.25, 0.3) is 11.5 Å². The Bertz CT molecular complexity index is 814. The maximum atomic E-state index is 10.2. The highest BCUT2D eigenvalue weighted by Gasteiger charge is 2.23. The molecule has 0 radical (unpaired) electrons. The average Bonchev–Trinajstić information content (AvgIpc) is 3.07. The van der Waals surface area contributed by atoms with Crippen molar-refractivity contribution in [3.63, 3.8) is 0 Å². The number of hydrogen-bond acceptors (Lipinski definition) is 5. The number of aromatic nitrogens is 1. The van der Waals surface area contributed by atoms with Crippen LogP contribution in [0.15, 0.2) is 59.0 Å². The fourth-order valence-corrected chi connectivity index (χ4v) is 2.73. The van der Waals surface area contributed by atoms with E-state index in [1.165, 1.54) is 0 Å². The molecule has 0 spiro atoms. The molecule has 1 unspecified atom stereocenters. The second-order valence-corrected chi connectivity index (χ2v) is 5.73. The largest absolute Gasteiger partial charge is 0.508 e. The van der Waals surface area contributed by atoms with Crippen LogP contribution in [-0.4, -0.2) is 24.0 Å². The number of methoxy groups -OCH3 is 1. The molecule has 0 bridgehead atoms. The first-order valence-corrected chi connectivity index (χ1v) is 8.10. The lowest BCUT2D eigenvalue weighted by molar-refractivity contribution is -0.0404. The highest BCUT2D eigenvalue weighted by atomic mass is 16.7. The molecular formula is C20H21NO4. The Hall–Kier alpha value is -2.63. The molecule has 0 saturated carbocycles. The van der Waals surface area contributed by atoms with Crippen LogP contribution in [-0.2, 0) is 16.1 Å². The first-order chi connectivity index (χ1) is 12.2. The van der Waals surface area contributed by atoms with Gasteiger partial charge in [0.1, 0.15) is 24.0 Å². The minimum absolute atomic E-state index is 0.160. The van der Waals surface area contributed by atoms with Crippen LogP contribution in [0.5, 0.6) is 5.75 Å². The predicted molar refractivity (Wildman–Crippen MR) is 94.2 cm³/mol. The maximum Gasteiger partial charge on any atom is 0.226 e. The standard InChI is InChI=1S/C20H21NO4/c1-14(16-10-6-7-11-18(16)22)19-17(12-24-13-23-2)21-20(25-19)15-8-4-3-5-9-15/h3-11,14,22H,12-13H2,1-2H3. The Morgan fingerprint density at radius 2 is 1.80 bits per heavy atom. The summed E-state index contributed by atoms with van der Waals surface area (Å²) in [5, 5.41) is 10.2. The Labute approximate surface area is 146 Å². The van der Waals surface area contributed by atoms with Gasteiger partial charge in [-0.25, -0.2) is 4.98 Å². The third kappa shape index (κ3) is 3.90. The number of phenols is 1. The first kappa shape index (κ1) is 17.2. The molecule has 5 heteroatoms. The van der Waals surface area contributed by atoms with Gasteiger partial charge in [-0.1, -0.05) is 43.3 Å². The number of hydrogen-bond donors (Lipinski definition) is 1. The molecule has 3 rings (SSSR count). The first-order valence-electron chi connectivity index (χ1n) is 8.10. The van der Waals surface area contributed by atoms with Crippen LogP contribution in [0.2, 0.25) is 0 Å². The summed E-state index contributed by atoms with van der Waals surface area (Å²) in [6.07, 6.45) is 0. The van der Waals surface area contributed by atoms with Crippen LogP contribution >= 0.6 is 0 Å². The molecule has 0 fully saturated rings. The Morgan fingerprint density at radius 3 is 2.52 bits per heavy atom. The molecule has 5 nitrogen and oxygen atoms in total. The summed E-state index contributed by atoms with van der Waals surface area (Å²) in [7, 11) is 1.57. The normalized spacial score (nSPS) is 12.2. The number of nitrogens with zero attached hydrogens (tertiary/aromatic N) is 1. The lowest BCUT2D eigenvalue weighted by Gasteiger charge is -2.12. The molecule has 1 heterocycles. The van der Waals surface area contributed by atoms with Crippen LogP contribution in [0.4, 0.5) is 0 Å². The lowest BCUT2D eigenvalue weighted by Crippen LogP contribution is -2.03. The highest BCUT2D eigenvalue weighted by molar-refractivity contribution is 5.54. The van der Waals surface area contributed by atoms with Gasteiger partial charge in [-0.15, -0.1) is 0 Å². The third-order valence-electron chi connectivity index (χ3n) is 3.98. The zero-order valence-corrected chi connectivity index (χ0v) is 14.3. The van der Waals surface area contributed by atoms with Crippen molar-refractivity contribution in [1.29, 1.82) is 0 Å². The quantitative estimate of drug-likeness (QED) is 0.513. The van der Waals surface area contributed by atoms with Crippen molar-refractivity contribution in [1.82, 2.24) is 4.98 Å². The van der Waals surface area contributed by atoms with Gasteiger partial charge < -0.3 is 19.0 Å². The zero-order valence-electron chi connectivity index (χ0n) is 14.3. The van der Waals surface area contributed by atoms with E-state index in [2.05, 4.69) is 4.98 Å². The summed E-state index contributed by atoms with van der Waals surface area (Å²) in [5.41, 5.74) is 2.38. The molecule has 3 aromatic rings. The second kappa shape index (κ2) is 7.96. The molecule has 0 saturated heterocycles. The molecule has 0 aliphatic rings. The fourth-order valence-electron chi connectivity index (χ4n) is 2.73. The molecule has 1 N–H and O–H groups in total. The summed E-state index contributed by atoms with van der Waals surface area (Å²) in [5.74, 6) is 1.29. The van der Waals surface area contributed by atoms with Crippen molar-refractivity contribution in [2.24, 2.45) is 0 Å². The molecule has 0 amide bonds. The van der Waals surface area contributed by atoms with Gasteiger partial charge in [0.15, 0.2) is 0 Å². The topological polar surface area (TPSA) is 64.7 Å². The van der Waals surface area contributed by atoms with E-state index in [4.69, 9.17) is 13.9 Å². The fraction of sp³-hybridized carbons (Fsp3) is 0.250. The number of benzene rings is 2. The predicted octanol–water partition coefficient (Wildman–Crippen LogP) is 4.32. The SMILES string of the molecule is COCOCc1nc(-c2ccccc2)oc1C(C)c1ccccc1O. The average molecular weight is 339 g/mol. The van der Waals surface area contributed by atoms with Gasteiger partial charge in [0, 0.05) is 24.2 Å². The van der Waals surface area contributed by atoms with E-state index in [9.17, 15) is 5.11 Å². The third-order valence-corrected chi connectivity index (χ3v) is 3.98. The van der Waals surface area contributed by atoms with Crippen LogP contribution in [0, 0.1) is 0 Å². The van der Waals surface area contributed by atoms with Gasteiger partial charge in [0.05, 0.1) is 6.61 Å². The van der Waals surface area contributed by atoms with E-state index in [0.717, 1.165) is 11.1 Å². The summed E-state index contributed by atoms with van der Waals surface area (Å²) in [4.78, 5) is 4.60. The molecule has 0 aliphatic carbocycles. The summed E-state index contributed by atoms with van der Waals surface area (Å²) in [6.45, 7) is 2.43. The van der Waals surface area contributed by atoms with Gasteiger partial charge in [0.2, 0.25) is 5.89 Å². The molecular weight excluding hydrogens is 318 g/mol. The molecule has 2 aromatic carbocycles. The van der Waals surface area contributed by atoms with E-state index in [1.54, 1.807) is 19.2 Å². The van der Waals surface area contributed by atoms with Gasteiger partial charge in [-0.3, -0.25) is 0 Å². The van der Waals surface area contributed by atoms with E-state index in [1.807, 2.05) is 49.4 Å². The van der Waals surface area contributed by atoms with Crippen LogP contribution in [0.1, 0.15) is 29.9 Å². The molecule has 1 atom stereocenters. The molecule has 1 aromatic heterocycles. The smallest absolute Gasteiger partial charge is 0.226 e. The molecule has 0 aliphatic heterocycles. The Kier molecular flexibility index (Phi) is 5.48. The van der Waals surface area contributed by atoms with E-state index in [-0.39, 0.29) is 25.1 Å². The number of rotatable bonds is 7. The van der Waals surface area contributed by atoms with Crippen LogP contribution in [0.3, 0.4) is 0 Å². The lowest BCUT2D eigenvalue weighted by atomic mass is 9.96. The zero-order chi connectivity index (χ0) is 17.6. The van der Waals surface area contributed by atoms with E-state index < -0.39 is 0 Å². The minimum Gasteiger partial charge on any atom is -0.508 e. The Morgan fingerprint density at radius 1 is 1.08 bits per heavy atom.